The molecule has 0 radical (unpaired) electrons. The van der Waals surface area contributed by atoms with Crippen molar-refractivity contribution >= 4 is 33.4 Å². The molecule has 0 fully saturated rings. The van der Waals surface area contributed by atoms with Crippen molar-refractivity contribution in [1.82, 2.24) is 4.90 Å². The Morgan fingerprint density at radius 1 is 1.45 bits per heavy atom. The van der Waals surface area contributed by atoms with Gasteiger partial charge in [0.1, 0.15) is 0 Å². The second-order valence-electron chi connectivity index (χ2n) is 5.72. The van der Waals surface area contributed by atoms with Crippen molar-refractivity contribution < 1.29 is 4.79 Å². The Balaban J connectivity index is 2.99. The predicted molar refractivity (Wildman–Crippen MR) is 88.2 cm³/mol. The number of nitrogens with two attached hydrogens (primary N) is 1. The lowest BCUT2D eigenvalue weighted by Crippen LogP contribution is -2.42. The first-order valence-corrected chi connectivity index (χ1v) is 7.92. The normalized spacial score (nSPS) is 11.5. The van der Waals surface area contributed by atoms with Crippen LogP contribution in [0.5, 0.6) is 0 Å². The number of rotatable bonds is 6. The number of halogens is 2. The molecule has 0 unspecified atom stereocenters. The maximum Gasteiger partial charge on any atom is 0.255 e. The van der Waals surface area contributed by atoms with Crippen LogP contribution < -0.4 is 5.73 Å². The number of nitrogens with zero attached hydrogens (tertiary/aromatic N) is 1. The van der Waals surface area contributed by atoms with Crippen LogP contribution >= 0.6 is 27.5 Å². The van der Waals surface area contributed by atoms with Crippen LogP contribution in [0.15, 0.2) is 22.7 Å². The summed E-state index contributed by atoms with van der Waals surface area (Å²) in [6.45, 7) is 8.11. The third kappa shape index (κ3) is 4.76. The molecule has 3 nitrogen and oxygen atoms in total. The van der Waals surface area contributed by atoms with Crippen LogP contribution in [-0.2, 0) is 0 Å². The summed E-state index contributed by atoms with van der Waals surface area (Å²) in [6, 6.07) is 5.23. The molecule has 0 spiro atoms. The second kappa shape index (κ2) is 7.43. The van der Waals surface area contributed by atoms with Crippen LogP contribution in [0.25, 0.3) is 0 Å². The van der Waals surface area contributed by atoms with E-state index in [4.69, 9.17) is 17.3 Å². The van der Waals surface area contributed by atoms with E-state index in [0.29, 0.717) is 23.7 Å². The Bertz CT molecular complexity index is 477. The summed E-state index contributed by atoms with van der Waals surface area (Å²) in [6.07, 6.45) is 0.914. The first-order chi connectivity index (χ1) is 9.30. The number of hydrogen-bond donors (Lipinski definition) is 1. The molecule has 5 heteroatoms. The van der Waals surface area contributed by atoms with Crippen LogP contribution in [0.4, 0.5) is 0 Å². The minimum Gasteiger partial charge on any atom is -0.338 e. The van der Waals surface area contributed by atoms with Crippen molar-refractivity contribution in [2.75, 3.05) is 19.6 Å². The number of hydrogen-bond acceptors (Lipinski definition) is 2. The standard InChI is InChI=1S/C15H22BrClN2O/c1-4-7-19(10-15(2,3)9-18)14(20)12-6-5-11(17)8-13(12)16/h5-6,8H,4,7,9-10,18H2,1-3H3. The topological polar surface area (TPSA) is 46.3 Å². The molecule has 20 heavy (non-hydrogen) atoms. The van der Waals surface area contributed by atoms with E-state index in [1.54, 1.807) is 18.2 Å². The van der Waals surface area contributed by atoms with Gasteiger partial charge >= 0.3 is 0 Å². The smallest absolute Gasteiger partial charge is 0.255 e. The molecule has 0 aliphatic carbocycles. The quantitative estimate of drug-likeness (QED) is 0.834. The van der Waals surface area contributed by atoms with Gasteiger partial charge in [0.15, 0.2) is 0 Å². The summed E-state index contributed by atoms with van der Waals surface area (Å²) >= 11 is 9.33. The molecule has 1 aromatic rings. The lowest BCUT2D eigenvalue weighted by Gasteiger charge is -2.32. The minimum absolute atomic E-state index is 0.0110. The molecule has 0 atom stereocenters. The third-order valence-corrected chi connectivity index (χ3v) is 4.00. The zero-order valence-electron chi connectivity index (χ0n) is 12.2. The van der Waals surface area contributed by atoms with Crippen LogP contribution in [0.2, 0.25) is 5.02 Å². The zero-order chi connectivity index (χ0) is 15.3. The van der Waals surface area contributed by atoms with Crippen molar-refractivity contribution in [3.8, 4) is 0 Å². The molecule has 0 heterocycles. The predicted octanol–water partition coefficient (Wildman–Crippen LogP) is 3.94. The Morgan fingerprint density at radius 2 is 2.10 bits per heavy atom. The highest BCUT2D eigenvalue weighted by molar-refractivity contribution is 9.10. The van der Waals surface area contributed by atoms with Crippen molar-refractivity contribution in [1.29, 1.82) is 0 Å². The second-order valence-corrected chi connectivity index (χ2v) is 7.01. The van der Waals surface area contributed by atoms with Crippen LogP contribution in [-0.4, -0.2) is 30.4 Å². The van der Waals surface area contributed by atoms with Crippen molar-refractivity contribution in [3.63, 3.8) is 0 Å². The van der Waals surface area contributed by atoms with Gasteiger partial charge in [0.25, 0.3) is 5.91 Å². The van der Waals surface area contributed by atoms with Gasteiger partial charge in [-0.25, -0.2) is 0 Å². The summed E-state index contributed by atoms with van der Waals surface area (Å²) in [4.78, 5) is 14.5. The van der Waals surface area contributed by atoms with E-state index < -0.39 is 0 Å². The highest BCUT2D eigenvalue weighted by Crippen LogP contribution is 2.24. The zero-order valence-corrected chi connectivity index (χ0v) is 14.6. The molecule has 0 bridgehead atoms. The van der Waals surface area contributed by atoms with Crippen molar-refractivity contribution in [2.24, 2.45) is 11.1 Å². The molecular formula is C15H22BrClN2O. The highest BCUT2D eigenvalue weighted by atomic mass is 79.9. The largest absolute Gasteiger partial charge is 0.338 e. The fourth-order valence-corrected chi connectivity index (χ4v) is 2.79. The first-order valence-electron chi connectivity index (χ1n) is 6.75. The number of benzene rings is 1. The summed E-state index contributed by atoms with van der Waals surface area (Å²) < 4.78 is 0.724. The van der Waals surface area contributed by atoms with Crippen molar-refractivity contribution in [2.45, 2.75) is 27.2 Å². The van der Waals surface area contributed by atoms with Gasteiger partial charge in [-0.1, -0.05) is 32.4 Å². The molecule has 0 aliphatic rings. The average Bonchev–Trinajstić information content (AvgIpc) is 2.37. The monoisotopic (exact) mass is 360 g/mol. The van der Waals surface area contributed by atoms with Gasteiger partial charge in [0.05, 0.1) is 5.56 Å². The minimum atomic E-state index is -0.0935. The van der Waals surface area contributed by atoms with E-state index in [0.717, 1.165) is 17.4 Å². The molecular weight excluding hydrogens is 340 g/mol. The van der Waals surface area contributed by atoms with Crippen LogP contribution in [0.3, 0.4) is 0 Å². The summed E-state index contributed by atoms with van der Waals surface area (Å²) in [5, 5.41) is 0.609. The first kappa shape index (κ1) is 17.5. The van der Waals surface area contributed by atoms with Gasteiger partial charge in [0, 0.05) is 22.6 Å². The third-order valence-electron chi connectivity index (χ3n) is 3.11. The van der Waals surface area contributed by atoms with Crippen LogP contribution in [0, 0.1) is 5.41 Å². The lowest BCUT2D eigenvalue weighted by molar-refractivity contribution is 0.0688. The molecule has 112 valence electrons. The fraction of sp³-hybridized carbons (Fsp3) is 0.533. The fourth-order valence-electron chi connectivity index (χ4n) is 1.94. The summed E-state index contributed by atoms with van der Waals surface area (Å²) in [7, 11) is 0. The summed E-state index contributed by atoms with van der Waals surface area (Å²) in [5.74, 6) is 0.0110. The van der Waals surface area contributed by atoms with Crippen molar-refractivity contribution in [3.05, 3.63) is 33.3 Å². The Hall–Kier alpha value is -0.580. The summed E-state index contributed by atoms with van der Waals surface area (Å²) in [5.41, 5.74) is 6.32. The maximum atomic E-state index is 12.7. The molecule has 1 amide bonds. The highest BCUT2D eigenvalue weighted by Gasteiger charge is 2.25. The molecule has 0 aliphatic heterocycles. The average molecular weight is 362 g/mol. The van der Waals surface area contributed by atoms with E-state index in [1.165, 1.54) is 0 Å². The maximum absolute atomic E-state index is 12.7. The van der Waals surface area contributed by atoms with E-state index in [1.807, 2.05) is 4.90 Å². The van der Waals surface area contributed by atoms with E-state index in [9.17, 15) is 4.79 Å². The number of carbonyl (C=O) groups excluding carboxylic acids is 1. The molecule has 0 saturated carbocycles. The Labute approximate surface area is 134 Å². The Morgan fingerprint density at radius 3 is 2.60 bits per heavy atom. The van der Waals surface area contributed by atoms with Gasteiger partial charge in [0.2, 0.25) is 0 Å². The molecule has 1 rings (SSSR count). The Kier molecular flexibility index (Phi) is 6.49. The van der Waals surface area contributed by atoms with Gasteiger partial charge in [-0.05, 0) is 52.5 Å². The van der Waals surface area contributed by atoms with Crippen LogP contribution in [0.1, 0.15) is 37.6 Å². The molecule has 0 aromatic heterocycles. The van der Waals surface area contributed by atoms with Gasteiger partial charge < -0.3 is 10.6 Å². The number of amides is 1. The van der Waals surface area contributed by atoms with Gasteiger partial charge in [-0.15, -0.1) is 0 Å². The molecule has 2 N–H and O–H groups in total. The number of carbonyl (C=O) groups is 1. The van der Waals surface area contributed by atoms with E-state index in [-0.39, 0.29) is 11.3 Å². The molecule has 1 aromatic carbocycles. The lowest BCUT2D eigenvalue weighted by atomic mass is 9.92. The van der Waals surface area contributed by atoms with Gasteiger partial charge in [-0.2, -0.15) is 0 Å². The van der Waals surface area contributed by atoms with E-state index in [2.05, 4.69) is 36.7 Å². The van der Waals surface area contributed by atoms with E-state index >= 15 is 0 Å². The van der Waals surface area contributed by atoms with Gasteiger partial charge in [-0.3, -0.25) is 4.79 Å². The SMILES string of the molecule is CCCN(CC(C)(C)CN)C(=O)c1ccc(Cl)cc1Br. The molecule has 0 saturated heterocycles.